The lowest BCUT2D eigenvalue weighted by Crippen LogP contribution is -2.32. The van der Waals surface area contributed by atoms with Crippen LogP contribution < -0.4 is 4.90 Å². The predicted octanol–water partition coefficient (Wildman–Crippen LogP) is 1.75. The van der Waals surface area contributed by atoms with Crippen LogP contribution in [0.25, 0.3) is 0 Å². The Hall–Kier alpha value is -2.51. The lowest BCUT2D eigenvalue weighted by Gasteiger charge is -2.22. The van der Waals surface area contributed by atoms with Crippen LogP contribution in [0.2, 0.25) is 0 Å². The van der Waals surface area contributed by atoms with Gasteiger partial charge in [0.1, 0.15) is 0 Å². The van der Waals surface area contributed by atoms with Gasteiger partial charge in [0.15, 0.2) is 17.3 Å². The molecular weight excluding hydrogens is 308 g/mol. The molecule has 1 atom stereocenters. The zero-order chi connectivity index (χ0) is 16.5. The number of hydrogen-bond donors (Lipinski definition) is 0. The number of anilines is 1. The molecule has 0 spiro atoms. The van der Waals surface area contributed by atoms with Crippen molar-refractivity contribution in [3.63, 3.8) is 0 Å². The number of aromatic nitrogens is 4. The summed E-state index contributed by atoms with van der Waals surface area (Å²) in [5.74, 6) is 1.80. The van der Waals surface area contributed by atoms with Gasteiger partial charge in [-0.25, -0.2) is 0 Å². The second-order valence-electron chi connectivity index (χ2n) is 6.30. The van der Waals surface area contributed by atoms with Gasteiger partial charge in [-0.3, -0.25) is 4.79 Å². The van der Waals surface area contributed by atoms with E-state index in [1.165, 1.54) is 12.8 Å². The summed E-state index contributed by atoms with van der Waals surface area (Å²) in [6.45, 7) is 4.44. The standard InChI is InChI=1S/C16H20N6O2/c1-11-17-15(20-24-11)13-5-4-10-22(13)16(23)12-6-7-14(19-18-12)21-8-2-3-9-21/h6-7,13H,2-5,8-10H2,1H3. The summed E-state index contributed by atoms with van der Waals surface area (Å²) in [5.41, 5.74) is 0.366. The minimum absolute atomic E-state index is 0.125. The molecule has 0 saturated carbocycles. The van der Waals surface area contributed by atoms with Crippen LogP contribution >= 0.6 is 0 Å². The van der Waals surface area contributed by atoms with Gasteiger partial charge in [0.05, 0.1) is 6.04 Å². The fraction of sp³-hybridized carbons (Fsp3) is 0.562. The molecule has 0 bridgehead atoms. The maximum atomic E-state index is 12.8. The normalized spacial score (nSPS) is 20.8. The molecule has 24 heavy (non-hydrogen) atoms. The van der Waals surface area contributed by atoms with Crippen LogP contribution in [0, 0.1) is 6.92 Å². The van der Waals surface area contributed by atoms with Crippen molar-refractivity contribution in [1.29, 1.82) is 0 Å². The molecule has 1 unspecified atom stereocenters. The molecule has 0 aliphatic carbocycles. The highest BCUT2D eigenvalue weighted by Gasteiger charge is 2.34. The van der Waals surface area contributed by atoms with Crippen LogP contribution in [0.1, 0.15) is 53.9 Å². The minimum Gasteiger partial charge on any atom is -0.355 e. The Labute approximate surface area is 139 Å². The first kappa shape index (κ1) is 15.0. The first-order chi connectivity index (χ1) is 11.7. The number of carbonyl (C=O) groups excluding carboxylic acids is 1. The minimum atomic E-state index is -0.144. The first-order valence-electron chi connectivity index (χ1n) is 8.42. The van der Waals surface area contributed by atoms with Crippen molar-refractivity contribution >= 4 is 11.7 Å². The summed E-state index contributed by atoms with van der Waals surface area (Å²) in [6.07, 6.45) is 4.12. The molecule has 0 aromatic carbocycles. The van der Waals surface area contributed by atoms with Crippen LogP contribution in [-0.4, -0.2) is 50.8 Å². The van der Waals surface area contributed by atoms with Gasteiger partial charge < -0.3 is 14.3 Å². The lowest BCUT2D eigenvalue weighted by molar-refractivity contribution is 0.0721. The van der Waals surface area contributed by atoms with Crippen molar-refractivity contribution in [3.05, 3.63) is 29.5 Å². The van der Waals surface area contributed by atoms with Gasteiger partial charge in [0, 0.05) is 26.6 Å². The maximum Gasteiger partial charge on any atom is 0.274 e. The van der Waals surface area contributed by atoms with Gasteiger partial charge in [-0.15, -0.1) is 10.2 Å². The Morgan fingerprint density at radius 3 is 2.67 bits per heavy atom. The monoisotopic (exact) mass is 328 g/mol. The number of aryl methyl sites for hydroxylation is 1. The van der Waals surface area contributed by atoms with Crippen molar-refractivity contribution in [2.45, 2.75) is 38.6 Å². The lowest BCUT2D eigenvalue weighted by atomic mass is 10.2. The fourth-order valence-electron chi connectivity index (χ4n) is 3.43. The van der Waals surface area contributed by atoms with E-state index in [9.17, 15) is 4.79 Å². The number of likely N-dealkylation sites (tertiary alicyclic amines) is 1. The average molecular weight is 328 g/mol. The van der Waals surface area contributed by atoms with Crippen LogP contribution in [0.15, 0.2) is 16.7 Å². The van der Waals surface area contributed by atoms with E-state index in [-0.39, 0.29) is 11.9 Å². The number of amides is 1. The van der Waals surface area contributed by atoms with E-state index in [1.807, 2.05) is 6.07 Å². The molecule has 0 radical (unpaired) electrons. The van der Waals surface area contributed by atoms with Gasteiger partial charge in [0.25, 0.3) is 5.91 Å². The highest BCUT2D eigenvalue weighted by molar-refractivity contribution is 5.92. The SMILES string of the molecule is Cc1nc(C2CCCN2C(=O)c2ccc(N3CCCC3)nn2)no1. The molecule has 2 saturated heterocycles. The fourth-order valence-corrected chi connectivity index (χ4v) is 3.43. The highest BCUT2D eigenvalue weighted by Crippen LogP contribution is 2.31. The van der Waals surface area contributed by atoms with E-state index in [4.69, 9.17) is 4.52 Å². The van der Waals surface area contributed by atoms with Gasteiger partial charge in [-0.05, 0) is 37.8 Å². The van der Waals surface area contributed by atoms with E-state index in [0.29, 0.717) is 24.0 Å². The molecule has 0 N–H and O–H groups in total. The molecule has 2 aliphatic rings. The molecule has 2 aromatic rings. The zero-order valence-corrected chi connectivity index (χ0v) is 13.7. The van der Waals surface area contributed by atoms with Crippen LogP contribution in [-0.2, 0) is 0 Å². The summed E-state index contributed by atoms with van der Waals surface area (Å²) in [5, 5.41) is 12.4. The van der Waals surface area contributed by atoms with Crippen molar-refractivity contribution < 1.29 is 9.32 Å². The Kier molecular flexibility index (Phi) is 3.87. The van der Waals surface area contributed by atoms with Gasteiger partial charge >= 0.3 is 0 Å². The third-order valence-corrected chi connectivity index (χ3v) is 4.65. The van der Waals surface area contributed by atoms with Crippen molar-refractivity contribution in [3.8, 4) is 0 Å². The maximum absolute atomic E-state index is 12.8. The number of rotatable bonds is 3. The third kappa shape index (κ3) is 2.72. The molecule has 4 rings (SSSR count). The molecule has 2 aromatic heterocycles. The number of hydrogen-bond acceptors (Lipinski definition) is 7. The second kappa shape index (κ2) is 6.18. The quantitative estimate of drug-likeness (QED) is 0.848. The predicted molar refractivity (Wildman–Crippen MR) is 85.5 cm³/mol. The number of carbonyl (C=O) groups is 1. The first-order valence-corrected chi connectivity index (χ1v) is 8.42. The van der Waals surface area contributed by atoms with Crippen molar-refractivity contribution in [2.75, 3.05) is 24.5 Å². The van der Waals surface area contributed by atoms with Gasteiger partial charge in [-0.1, -0.05) is 5.16 Å². The van der Waals surface area contributed by atoms with Crippen LogP contribution in [0.5, 0.6) is 0 Å². The Bertz CT molecular complexity index is 722. The smallest absolute Gasteiger partial charge is 0.274 e. The molecule has 8 nitrogen and oxygen atoms in total. The topological polar surface area (TPSA) is 88.3 Å². The molecule has 8 heteroatoms. The van der Waals surface area contributed by atoms with Crippen molar-refractivity contribution in [1.82, 2.24) is 25.2 Å². The molecule has 126 valence electrons. The van der Waals surface area contributed by atoms with Crippen LogP contribution in [0.3, 0.4) is 0 Å². The molecule has 2 fully saturated rings. The third-order valence-electron chi connectivity index (χ3n) is 4.65. The van der Waals surface area contributed by atoms with E-state index in [2.05, 4.69) is 25.2 Å². The highest BCUT2D eigenvalue weighted by atomic mass is 16.5. The summed E-state index contributed by atoms with van der Waals surface area (Å²) in [4.78, 5) is 21.0. The van der Waals surface area contributed by atoms with Crippen molar-refractivity contribution in [2.24, 2.45) is 0 Å². The second-order valence-corrected chi connectivity index (χ2v) is 6.30. The summed E-state index contributed by atoms with van der Waals surface area (Å²) < 4.78 is 5.05. The molecule has 1 amide bonds. The van der Waals surface area contributed by atoms with Crippen LogP contribution in [0.4, 0.5) is 5.82 Å². The van der Waals surface area contributed by atoms with Gasteiger partial charge in [-0.2, -0.15) is 4.98 Å². The van der Waals surface area contributed by atoms with E-state index >= 15 is 0 Å². The van der Waals surface area contributed by atoms with E-state index in [1.54, 1.807) is 17.9 Å². The summed E-state index contributed by atoms with van der Waals surface area (Å²) in [6, 6.07) is 3.50. The summed E-state index contributed by atoms with van der Waals surface area (Å²) >= 11 is 0. The number of nitrogens with zero attached hydrogens (tertiary/aromatic N) is 6. The van der Waals surface area contributed by atoms with Gasteiger partial charge in [0.2, 0.25) is 5.89 Å². The Morgan fingerprint density at radius 1 is 1.17 bits per heavy atom. The van der Waals surface area contributed by atoms with E-state index in [0.717, 1.165) is 31.7 Å². The molecular formula is C16H20N6O2. The molecule has 4 heterocycles. The van der Waals surface area contributed by atoms with E-state index < -0.39 is 0 Å². The zero-order valence-electron chi connectivity index (χ0n) is 13.7. The Balaban J connectivity index is 1.52. The summed E-state index contributed by atoms with van der Waals surface area (Å²) in [7, 11) is 0. The molecule has 2 aliphatic heterocycles. The largest absolute Gasteiger partial charge is 0.355 e. The average Bonchev–Trinajstić information content (AvgIpc) is 3.35. The Morgan fingerprint density at radius 2 is 2.00 bits per heavy atom.